The number of hydrogen-bond acceptors (Lipinski definition) is 11. The third kappa shape index (κ3) is 11.1. The maximum Gasteiger partial charge on any atom is 0.307 e. The second-order valence-corrected chi connectivity index (χ2v) is 16.4. The fourth-order valence-corrected chi connectivity index (χ4v) is 8.16. The van der Waals surface area contributed by atoms with E-state index < -0.39 is 11.9 Å². The second-order valence-electron chi connectivity index (χ2n) is 15.6. The maximum absolute atomic E-state index is 11.8. The van der Waals surface area contributed by atoms with Crippen LogP contribution in [0.3, 0.4) is 0 Å². The topological polar surface area (TPSA) is 171 Å². The van der Waals surface area contributed by atoms with Crippen LogP contribution < -0.4 is 18.9 Å². The Morgan fingerprint density at radius 2 is 1.20 bits per heavy atom. The highest BCUT2D eigenvalue weighted by Crippen LogP contribution is 2.38. The number of carbonyl (C=O) groups is 1. The van der Waals surface area contributed by atoms with Crippen LogP contribution in [0.4, 0.5) is 0 Å². The number of hydrogen-bond donors (Lipinski definition) is 2. The summed E-state index contributed by atoms with van der Waals surface area (Å²) in [5.41, 5.74) is 9.54. The minimum Gasteiger partial charge on any atom is -0.488 e. The van der Waals surface area contributed by atoms with Crippen LogP contribution in [-0.2, 0) is 44.4 Å². The molecule has 0 amide bonds. The van der Waals surface area contributed by atoms with Crippen LogP contribution in [0.2, 0.25) is 10.0 Å². The lowest BCUT2D eigenvalue weighted by molar-refractivity contribution is -0.143. The predicted molar refractivity (Wildman–Crippen MR) is 241 cm³/mol. The number of carboxylic acids is 1. The summed E-state index contributed by atoms with van der Waals surface area (Å²) in [6.45, 7) is 6.14. The molecule has 6 aromatic rings. The Bertz CT molecular complexity index is 2750. The van der Waals surface area contributed by atoms with Crippen molar-refractivity contribution in [3.05, 3.63) is 163 Å². The molecule has 64 heavy (non-hydrogen) atoms. The number of pyridine rings is 2. The number of nitriles is 2. The highest BCUT2D eigenvalue weighted by Gasteiger charge is 2.26. The van der Waals surface area contributed by atoms with Gasteiger partial charge in [0.05, 0.1) is 33.7 Å². The van der Waals surface area contributed by atoms with Crippen LogP contribution in [0.25, 0.3) is 11.1 Å². The standard InChI is InChI=1S/C50H45Cl2N5O7/c1-31-38(29-63-48-16-46(61-27-35-12-33(18-53)20-55-22-35)40(14-44(48)51)25-57-11-5-8-37(24-57)50(59)60)6-3-9-42(31)43-10-4-7-39(32(43)2)30-64-49-17-47(41(26-58)15-45(49)52)62-28-36-13-34(19-54)21-56-23-36/h3-4,6-7,9-10,12-17,20-23,37,58H,5,8,11,24-30H2,1-2H3,(H,59,60)/t37-/m0/s1. The van der Waals surface area contributed by atoms with E-state index in [0.29, 0.717) is 74.8 Å². The summed E-state index contributed by atoms with van der Waals surface area (Å²) in [5.74, 6) is 0.516. The van der Waals surface area contributed by atoms with Gasteiger partial charge in [-0.25, -0.2) is 0 Å². The lowest BCUT2D eigenvalue weighted by Crippen LogP contribution is -2.38. The molecule has 0 unspecified atom stereocenters. The quantitative estimate of drug-likeness (QED) is 0.0889. The highest BCUT2D eigenvalue weighted by molar-refractivity contribution is 6.32. The second kappa shape index (κ2) is 21.1. The largest absolute Gasteiger partial charge is 0.488 e. The number of piperidine rings is 1. The number of ether oxygens (including phenoxy) is 4. The van der Waals surface area contributed by atoms with Gasteiger partial charge >= 0.3 is 5.97 Å². The lowest BCUT2D eigenvalue weighted by atomic mass is 9.92. The summed E-state index contributed by atoms with van der Waals surface area (Å²) >= 11 is 13.5. The Labute approximate surface area is 381 Å². The van der Waals surface area contributed by atoms with Crippen LogP contribution in [0.15, 0.2) is 97.6 Å². The zero-order valence-electron chi connectivity index (χ0n) is 35.3. The molecule has 2 N–H and O–H groups in total. The average molecular weight is 899 g/mol. The fourth-order valence-electron chi connectivity index (χ4n) is 7.68. The lowest BCUT2D eigenvalue weighted by Gasteiger charge is -2.31. The van der Waals surface area contributed by atoms with Crippen molar-refractivity contribution >= 4 is 29.2 Å². The van der Waals surface area contributed by atoms with E-state index >= 15 is 0 Å². The molecular formula is C50H45Cl2N5O7. The van der Waals surface area contributed by atoms with Gasteiger partial charge in [0.15, 0.2) is 0 Å². The molecule has 0 aliphatic carbocycles. The molecule has 7 rings (SSSR count). The Hall–Kier alpha value is -6.67. The summed E-state index contributed by atoms with van der Waals surface area (Å²) in [4.78, 5) is 22.2. The van der Waals surface area contributed by atoms with E-state index in [1.54, 1.807) is 42.7 Å². The van der Waals surface area contributed by atoms with Gasteiger partial charge in [0.25, 0.3) is 0 Å². The summed E-state index contributed by atoms with van der Waals surface area (Å²) in [6, 6.07) is 26.6. The van der Waals surface area contributed by atoms with E-state index in [-0.39, 0.29) is 33.0 Å². The zero-order valence-corrected chi connectivity index (χ0v) is 36.8. The molecule has 3 heterocycles. The normalized spacial score (nSPS) is 13.7. The number of aromatic nitrogens is 2. The van der Waals surface area contributed by atoms with Crippen LogP contribution in [0.5, 0.6) is 23.0 Å². The number of carboxylic acid groups (broad SMARTS) is 1. The van der Waals surface area contributed by atoms with Crippen LogP contribution in [-0.4, -0.2) is 44.1 Å². The Morgan fingerprint density at radius 3 is 1.70 bits per heavy atom. The molecule has 1 fully saturated rings. The molecule has 0 saturated carbocycles. The predicted octanol–water partition coefficient (Wildman–Crippen LogP) is 9.92. The number of likely N-dealkylation sites (tertiary alicyclic amines) is 1. The van der Waals surface area contributed by atoms with Gasteiger partial charge in [0.1, 0.15) is 61.6 Å². The van der Waals surface area contributed by atoms with Crippen LogP contribution >= 0.6 is 23.2 Å². The third-order valence-electron chi connectivity index (χ3n) is 11.2. The Morgan fingerprint density at radius 1 is 0.703 bits per heavy atom. The van der Waals surface area contributed by atoms with Crippen LogP contribution in [0, 0.1) is 42.4 Å². The number of aliphatic carboxylic acids is 1. The molecule has 4 aromatic carbocycles. The van der Waals surface area contributed by atoms with Crippen molar-refractivity contribution in [1.82, 2.24) is 14.9 Å². The highest BCUT2D eigenvalue weighted by atomic mass is 35.5. The average Bonchev–Trinajstić information content (AvgIpc) is 3.31. The van der Waals surface area contributed by atoms with Gasteiger partial charge in [-0.15, -0.1) is 0 Å². The van der Waals surface area contributed by atoms with E-state index in [2.05, 4.69) is 46.1 Å². The van der Waals surface area contributed by atoms with Crippen molar-refractivity contribution in [3.63, 3.8) is 0 Å². The van der Waals surface area contributed by atoms with Crippen LogP contribution in [0.1, 0.15) is 68.5 Å². The van der Waals surface area contributed by atoms with Crippen molar-refractivity contribution < 1.29 is 34.0 Å². The third-order valence-corrected chi connectivity index (χ3v) is 11.8. The molecule has 0 spiro atoms. The van der Waals surface area contributed by atoms with Crippen molar-refractivity contribution in [2.45, 2.75) is 66.3 Å². The smallest absolute Gasteiger partial charge is 0.307 e. The van der Waals surface area contributed by atoms with E-state index in [9.17, 15) is 25.5 Å². The van der Waals surface area contributed by atoms with Crippen molar-refractivity contribution in [2.24, 2.45) is 5.92 Å². The Kier molecular flexibility index (Phi) is 15.0. The monoisotopic (exact) mass is 897 g/mol. The number of nitrogens with zero attached hydrogens (tertiary/aromatic N) is 5. The molecule has 0 bridgehead atoms. The Balaban J connectivity index is 1.07. The van der Waals surface area contributed by atoms with Gasteiger partial charge in [-0.05, 0) is 90.9 Å². The SMILES string of the molecule is Cc1c(COc2cc(OCc3cncc(C#N)c3)c(CO)cc2Cl)cccc1-c1cccc(COc2cc(OCc3cncc(C#N)c3)c(CN3CCC[C@H](C(=O)O)C3)cc2Cl)c1C. The van der Waals surface area contributed by atoms with E-state index in [4.69, 9.17) is 42.1 Å². The van der Waals surface area contributed by atoms with E-state index in [1.807, 2.05) is 37.3 Å². The molecule has 0 radical (unpaired) electrons. The van der Waals surface area contributed by atoms with E-state index in [1.165, 1.54) is 12.4 Å². The summed E-state index contributed by atoms with van der Waals surface area (Å²) in [6.07, 6.45) is 7.65. The molecule has 326 valence electrons. The first kappa shape index (κ1) is 45.4. The minimum atomic E-state index is -0.798. The summed E-state index contributed by atoms with van der Waals surface area (Å²) in [7, 11) is 0. The van der Waals surface area contributed by atoms with Crippen molar-refractivity contribution in [2.75, 3.05) is 13.1 Å². The van der Waals surface area contributed by atoms with Gasteiger partial charge in [-0.3, -0.25) is 19.7 Å². The fraction of sp³-hybridized carbons (Fsp3) is 0.260. The molecule has 12 nitrogen and oxygen atoms in total. The molecule has 2 aromatic heterocycles. The first-order valence-corrected chi connectivity index (χ1v) is 21.4. The number of rotatable bonds is 17. The summed E-state index contributed by atoms with van der Waals surface area (Å²) in [5, 5.41) is 39.1. The molecule has 1 saturated heterocycles. The maximum atomic E-state index is 11.8. The summed E-state index contributed by atoms with van der Waals surface area (Å²) < 4.78 is 25.0. The van der Waals surface area contributed by atoms with Gasteiger partial charge in [0.2, 0.25) is 0 Å². The van der Waals surface area contributed by atoms with Gasteiger partial charge in [-0.1, -0.05) is 59.6 Å². The van der Waals surface area contributed by atoms with Crippen molar-refractivity contribution in [1.29, 1.82) is 10.5 Å². The molecule has 1 atom stereocenters. The van der Waals surface area contributed by atoms with Gasteiger partial charge < -0.3 is 29.2 Å². The van der Waals surface area contributed by atoms with Gasteiger partial charge in [-0.2, -0.15) is 10.5 Å². The zero-order chi connectivity index (χ0) is 45.2. The first-order chi connectivity index (χ1) is 31.0. The molecular weight excluding hydrogens is 853 g/mol. The van der Waals surface area contributed by atoms with Crippen molar-refractivity contribution in [3.8, 4) is 46.3 Å². The number of halogens is 2. The first-order valence-electron chi connectivity index (χ1n) is 20.6. The molecule has 14 heteroatoms. The molecule has 1 aliphatic heterocycles. The van der Waals surface area contributed by atoms with E-state index in [0.717, 1.165) is 57.5 Å². The minimum absolute atomic E-state index is 0.130. The number of aliphatic hydroxyl groups excluding tert-OH is 1. The number of aliphatic hydroxyl groups is 1. The number of benzene rings is 4. The van der Waals surface area contributed by atoms with Gasteiger partial charge in [0, 0.05) is 72.3 Å². The molecule has 1 aliphatic rings.